The predicted octanol–water partition coefficient (Wildman–Crippen LogP) is 2.84. The Morgan fingerprint density at radius 3 is 2.70 bits per heavy atom. The number of benzene rings is 1. The van der Waals surface area contributed by atoms with Crippen molar-refractivity contribution in [2.24, 2.45) is 0 Å². The lowest BCUT2D eigenvalue weighted by atomic mass is 10.1. The number of carbonyl (C=O) groups excluding carboxylic acids is 1. The van der Waals surface area contributed by atoms with Crippen molar-refractivity contribution in [2.75, 3.05) is 11.1 Å². The summed E-state index contributed by atoms with van der Waals surface area (Å²) in [5, 5.41) is 3.69. The first-order chi connectivity index (χ1) is 11.0. The van der Waals surface area contributed by atoms with Gasteiger partial charge in [-0.1, -0.05) is 30.0 Å². The number of anilines is 1. The van der Waals surface area contributed by atoms with Gasteiger partial charge >= 0.3 is 0 Å². The van der Waals surface area contributed by atoms with Gasteiger partial charge in [0.1, 0.15) is 0 Å². The zero-order valence-corrected chi connectivity index (χ0v) is 14.2. The van der Waals surface area contributed by atoms with E-state index < -0.39 is 0 Å². The molecule has 0 saturated carbocycles. The summed E-state index contributed by atoms with van der Waals surface area (Å²) < 4.78 is 1.66. The molecule has 5 nitrogen and oxygen atoms in total. The van der Waals surface area contributed by atoms with Crippen LogP contribution in [0.1, 0.15) is 29.2 Å². The largest absolute Gasteiger partial charge is 0.326 e. The van der Waals surface area contributed by atoms with Crippen LogP contribution in [0.15, 0.2) is 34.3 Å². The number of fused-ring (bicyclic) bond motifs is 1. The highest BCUT2D eigenvalue weighted by atomic mass is 32.2. The zero-order chi connectivity index (χ0) is 16.6. The van der Waals surface area contributed by atoms with Gasteiger partial charge in [-0.25, -0.2) is 4.98 Å². The second-order valence-electron chi connectivity index (χ2n) is 5.88. The van der Waals surface area contributed by atoms with E-state index in [4.69, 9.17) is 0 Å². The van der Waals surface area contributed by atoms with E-state index in [-0.39, 0.29) is 23.9 Å². The van der Waals surface area contributed by atoms with Gasteiger partial charge in [-0.2, -0.15) is 0 Å². The topological polar surface area (TPSA) is 64.0 Å². The van der Waals surface area contributed by atoms with Crippen LogP contribution in [0.3, 0.4) is 0 Å². The minimum absolute atomic E-state index is 0.0510. The summed E-state index contributed by atoms with van der Waals surface area (Å²) in [7, 11) is 0. The summed E-state index contributed by atoms with van der Waals surface area (Å²) in [6.45, 7) is 5.70. The summed E-state index contributed by atoms with van der Waals surface area (Å²) in [6, 6.07) is 5.78. The molecule has 1 N–H and O–H groups in total. The first kappa shape index (κ1) is 15.8. The van der Waals surface area contributed by atoms with Crippen LogP contribution in [0.25, 0.3) is 0 Å². The van der Waals surface area contributed by atoms with Gasteiger partial charge in [0.15, 0.2) is 5.16 Å². The fourth-order valence-electron chi connectivity index (χ4n) is 2.79. The molecule has 0 spiro atoms. The van der Waals surface area contributed by atoms with E-state index in [9.17, 15) is 9.59 Å². The van der Waals surface area contributed by atoms with Crippen molar-refractivity contribution in [3.8, 4) is 0 Å². The van der Waals surface area contributed by atoms with Gasteiger partial charge in [0.05, 0.1) is 6.04 Å². The van der Waals surface area contributed by atoms with Crippen molar-refractivity contribution in [1.82, 2.24) is 9.55 Å². The number of para-hydroxylation sites is 1. The number of aryl methyl sites for hydroxylation is 3. The number of nitrogens with zero attached hydrogens (tertiary/aromatic N) is 2. The predicted molar refractivity (Wildman–Crippen MR) is 92.2 cm³/mol. The van der Waals surface area contributed by atoms with Gasteiger partial charge in [-0.05, 0) is 31.9 Å². The van der Waals surface area contributed by atoms with Crippen molar-refractivity contribution in [2.45, 2.75) is 38.4 Å². The first-order valence-corrected chi connectivity index (χ1v) is 8.53. The second-order valence-corrected chi connectivity index (χ2v) is 6.87. The number of thioether (sulfide) groups is 1. The molecule has 0 saturated heterocycles. The van der Waals surface area contributed by atoms with Crippen molar-refractivity contribution in [1.29, 1.82) is 0 Å². The summed E-state index contributed by atoms with van der Waals surface area (Å²) in [5.41, 5.74) is 3.49. The molecule has 23 heavy (non-hydrogen) atoms. The SMILES string of the molecule is Cc1cccc(C)c1NC(=O)CC1CSc2ncc(C)c(=O)n21. The van der Waals surface area contributed by atoms with E-state index in [1.807, 2.05) is 32.0 Å². The number of nitrogens with one attached hydrogen (secondary N) is 1. The lowest BCUT2D eigenvalue weighted by Gasteiger charge is -2.15. The molecule has 6 heteroatoms. The maximum absolute atomic E-state index is 12.4. The monoisotopic (exact) mass is 329 g/mol. The standard InChI is InChI=1S/C17H19N3O2S/c1-10-5-4-6-11(2)15(10)19-14(21)7-13-9-23-17-18-8-12(3)16(22)20(13)17/h4-6,8,13H,7,9H2,1-3H3,(H,19,21). The molecule has 120 valence electrons. The van der Waals surface area contributed by atoms with Crippen molar-refractivity contribution in [3.63, 3.8) is 0 Å². The fourth-order valence-corrected chi connectivity index (χ4v) is 3.89. The highest BCUT2D eigenvalue weighted by Gasteiger charge is 2.27. The Kier molecular flexibility index (Phi) is 4.26. The molecule has 1 amide bonds. The van der Waals surface area contributed by atoms with E-state index >= 15 is 0 Å². The van der Waals surface area contributed by atoms with Crippen molar-refractivity contribution >= 4 is 23.4 Å². The summed E-state index contributed by atoms with van der Waals surface area (Å²) in [5.74, 6) is 0.626. The van der Waals surface area contributed by atoms with Gasteiger partial charge in [-0.3, -0.25) is 14.2 Å². The minimum Gasteiger partial charge on any atom is -0.326 e. The molecular weight excluding hydrogens is 310 g/mol. The third-order valence-electron chi connectivity index (χ3n) is 4.07. The molecule has 1 aliphatic rings. The normalized spacial score (nSPS) is 16.2. The van der Waals surface area contributed by atoms with Crippen LogP contribution in [0.5, 0.6) is 0 Å². The lowest BCUT2D eigenvalue weighted by Crippen LogP contribution is -2.29. The van der Waals surface area contributed by atoms with Crippen LogP contribution in [-0.4, -0.2) is 21.2 Å². The average molecular weight is 329 g/mol. The third-order valence-corrected chi connectivity index (χ3v) is 5.18. The van der Waals surface area contributed by atoms with Crippen LogP contribution in [-0.2, 0) is 4.79 Å². The molecule has 0 radical (unpaired) electrons. The van der Waals surface area contributed by atoms with Gasteiger partial charge in [0.2, 0.25) is 5.91 Å². The minimum atomic E-state index is -0.140. The van der Waals surface area contributed by atoms with Crippen LogP contribution < -0.4 is 10.9 Å². The van der Waals surface area contributed by atoms with Gasteiger partial charge < -0.3 is 5.32 Å². The van der Waals surface area contributed by atoms with E-state index in [1.165, 1.54) is 11.8 Å². The van der Waals surface area contributed by atoms with Gasteiger partial charge in [0.25, 0.3) is 5.56 Å². The van der Waals surface area contributed by atoms with Crippen molar-refractivity contribution < 1.29 is 4.79 Å². The Morgan fingerprint density at radius 1 is 1.30 bits per heavy atom. The van der Waals surface area contributed by atoms with Crippen LogP contribution in [0.4, 0.5) is 5.69 Å². The Morgan fingerprint density at radius 2 is 2.00 bits per heavy atom. The highest BCUT2D eigenvalue weighted by molar-refractivity contribution is 7.99. The molecule has 1 unspecified atom stereocenters. The van der Waals surface area contributed by atoms with E-state index in [1.54, 1.807) is 17.7 Å². The molecule has 2 aromatic rings. The molecule has 2 heterocycles. The van der Waals surface area contributed by atoms with Crippen LogP contribution in [0.2, 0.25) is 0 Å². The summed E-state index contributed by atoms with van der Waals surface area (Å²) >= 11 is 1.53. The van der Waals surface area contributed by atoms with Gasteiger partial charge in [-0.15, -0.1) is 0 Å². The molecule has 1 aromatic carbocycles. The van der Waals surface area contributed by atoms with Gasteiger partial charge in [0, 0.05) is 29.6 Å². The van der Waals surface area contributed by atoms with Crippen molar-refractivity contribution in [3.05, 3.63) is 51.4 Å². The van der Waals surface area contributed by atoms with Crippen LogP contribution >= 0.6 is 11.8 Å². The quantitative estimate of drug-likeness (QED) is 0.880. The lowest BCUT2D eigenvalue weighted by molar-refractivity contribution is -0.116. The zero-order valence-electron chi connectivity index (χ0n) is 13.4. The number of hydrogen-bond donors (Lipinski definition) is 1. The Bertz CT molecular complexity index is 809. The molecular formula is C17H19N3O2S. The third kappa shape index (κ3) is 3.03. The molecule has 0 fully saturated rings. The Hall–Kier alpha value is -2.08. The first-order valence-electron chi connectivity index (χ1n) is 7.54. The van der Waals surface area contributed by atoms with E-state index in [0.29, 0.717) is 16.5 Å². The van der Waals surface area contributed by atoms with Crippen LogP contribution in [0, 0.1) is 20.8 Å². The van der Waals surface area contributed by atoms with E-state index in [2.05, 4.69) is 10.3 Å². The Labute approximate surface area is 139 Å². The molecule has 0 aliphatic carbocycles. The average Bonchev–Trinajstić information content (AvgIpc) is 2.90. The number of aromatic nitrogens is 2. The van der Waals surface area contributed by atoms with E-state index in [0.717, 1.165) is 16.8 Å². The highest BCUT2D eigenvalue weighted by Crippen LogP contribution is 2.32. The Balaban J connectivity index is 1.79. The second kappa shape index (κ2) is 6.20. The molecule has 1 aliphatic heterocycles. The molecule has 1 atom stereocenters. The number of amides is 1. The summed E-state index contributed by atoms with van der Waals surface area (Å²) in [6.07, 6.45) is 1.87. The molecule has 3 rings (SSSR count). The number of rotatable bonds is 3. The smallest absolute Gasteiger partial charge is 0.257 e. The maximum Gasteiger partial charge on any atom is 0.257 e. The number of carbonyl (C=O) groups is 1. The molecule has 1 aromatic heterocycles. The fraction of sp³-hybridized carbons (Fsp3) is 0.353. The number of hydrogen-bond acceptors (Lipinski definition) is 4. The maximum atomic E-state index is 12.4. The summed E-state index contributed by atoms with van der Waals surface area (Å²) in [4.78, 5) is 29.0. The molecule has 0 bridgehead atoms.